The molecule has 1 aromatic heterocycles. The second-order valence-corrected chi connectivity index (χ2v) is 7.38. The van der Waals surface area contributed by atoms with Gasteiger partial charge in [0.05, 0.1) is 10.2 Å². The highest BCUT2D eigenvalue weighted by atomic mass is 35.5. The van der Waals surface area contributed by atoms with Gasteiger partial charge in [0.25, 0.3) is 0 Å². The molecule has 2 aromatic rings. The molecule has 3 rings (SSSR count). The maximum Gasteiger partial charge on any atom is 0.225 e. The molecule has 1 aliphatic rings. The molecule has 1 aliphatic heterocycles. The summed E-state index contributed by atoms with van der Waals surface area (Å²) < 4.78 is 1.11. The molecule has 2 heterocycles. The van der Waals surface area contributed by atoms with Gasteiger partial charge in [0.2, 0.25) is 5.91 Å². The first-order valence-corrected chi connectivity index (χ1v) is 9.41. The van der Waals surface area contributed by atoms with Gasteiger partial charge in [-0.2, -0.15) is 0 Å². The van der Waals surface area contributed by atoms with Crippen molar-refractivity contribution in [3.8, 4) is 0 Å². The molecule has 0 unspecified atom stereocenters. The Kier molecular flexibility index (Phi) is 5.07. The van der Waals surface area contributed by atoms with E-state index >= 15 is 0 Å². The largest absolute Gasteiger partial charge is 0.345 e. The summed E-state index contributed by atoms with van der Waals surface area (Å²) >= 11 is 7.72. The quantitative estimate of drug-likeness (QED) is 0.834. The monoisotopic (exact) mass is 351 g/mol. The lowest BCUT2D eigenvalue weighted by Gasteiger charge is -2.36. The van der Waals surface area contributed by atoms with Crippen molar-refractivity contribution in [2.45, 2.75) is 26.7 Å². The second-order valence-electron chi connectivity index (χ2n) is 5.93. The normalized spacial score (nSPS) is 15.7. The number of halogens is 1. The molecule has 4 nitrogen and oxygen atoms in total. The Labute approximate surface area is 146 Å². The molecule has 1 amide bonds. The molecule has 0 spiro atoms. The first-order chi connectivity index (χ1) is 11.1. The van der Waals surface area contributed by atoms with Crippen LogP contribution in [-0.4, -0.2) is 42.0 Å². The van der Waals surface area contributed by atoms with Gasteiger partial charge in [-0.05, 0) is 31.0 Å². The van der Waals surface area contributed by atoms with E-state index in [9.17, 15) is 4.79 Å². The van der Waals surface area contributed by atoms with E-state index in [1.807, 2.05) is 23.1 Å². The average molecular weight is 352 g/mol. The average Bonchev–Trinajstić information content (AvgIpc) is 2.99. The lowest BCUT2D eigenvalue weighted by Crippen LogP contribution is -2.50. The summed E-state index contributed by atoms with van der Waals surface area (Å²) in [5, 5.41) is 1.77. The summed E-state index contributed by atoms with van der Waals surface area (Å²) in [5.41, 5.74) is 0.991. The fourth-order valence-corrected chi connectivity index (χ4v) is 4.33. The minimum absolute atomic E-state index is 0.172. The minimum atomic E-state index is 0.172. The molecule has 124 valence electrons. The van der Waals surface area contributed by atoms with Crippen LogP contribution < -0.4 is 4.90 Å². The van der Waals surface area contributed by atoms with Gasteiger partial charge in [-0.1, -0.05) is 36.8 Å². The number of benzene rings is 1. The van der Waals surface area contributed by atoms with Gasteiger partial charge < -0.3 is 9.80 Å². The number of nitrogens with zero attached hydrogens (tertiary/aromatic N) is 3. The summed E-state index contributed by atoms with van der Waals surface area (Å²) in [4.78, 5) is 21.4. The van der Waals surface area contributed by atoms with E-state index in [0.717, 1.165) is 59.4 Å². The van der Waals surface area contributed by atoms with Gasteiger partial charge in [0.15, 0.2) is 5.13 Å². The Hall–Kier alpha value is -1.33. The van der Waals surface area contributed by atoms with Crippen molar-refractivity contribution in [2.75, 3.05) is 31.1 Å². The molecule has 0 radical (unpaired) electrons. The molecule has 1 aromatic carbocycles. The van der Waals surface area contributed by atoms with Crippen molar-refractivity contribution in [3.63, 3.8) is 0 Å². The number of carbonyl (C=O) groups excluding carboxylic acids is 1. The zero-order valence-electron chi connectivity index (χ0n) is 13.6. The fourth-order valence-electron chi connectivity index (χ4n) is 3.04. The minimum Gasteiger partial charge on any atom is -0.345 e. The van der Waals surface area contributed by atoms with E-state index in [1.54, 1.807) is 11.3 Å². The van der Waals surface area contributed by atoms with E-state index in [1.165, 1.54) is 0 Å². The van der Waals surface area contributed by atoms with Crippen LogP contribution in [0.3, 0.4) is 0 Å². The van der Waals surface area contributed by atoms with Crippen molar-refractivity contribution in [1.82, 2.24) is 9.88 Å². The lowest BCUT2D eigenvalue weighted by molar-refractivity contribution is -0.136. The van der Waals surface area contributed by atoms with Crippen molar-refractivity contribution < 1.29 is 4.79 Å². The molecular weight excluding hydrogens is 330 g/mol. The van der Waals surface area contributed by atoms with E-state index < -0.39 is 0 Å². The standard InChI is InChI=1S/C17H22ClN3OS/c1-3-12(4-2)16(22)20-7-9-21(10-8-20)17-19-14-6-5-13(18)11-15(14)23-17/h5-6,11-12H,3-4,7-10H2,1-2H3. The van der Waals surface area contributed by atoms with Crippen LogP contribution >= 0.6 is 22.9 Å². The van der Waals surface area contributed by atoms with E-state index in [4.69, 9.17) is 16.6 Å². The van der Waals surface area contributed by atoms with Crippen molar-refractivity contribution >= 4 is 44.2 Å². The first-order valence-electron chi connectivity index (χ1n) is 8.22. The molecule has 1 saturated heterocycles. The number of hydrogen-bond donors (Lipinski definition) is 0. The highest BCUT2D eigenvalue weighted by Crippen LogP contribution is 2.31. The number of amides is 1. The molecule has 23 heavy (non-hydrogen) atoms. The summed E-state index contributed by atoms with van der Waals surface area (Å²) in [6.07, 6.45) is 1.85. The predicted octanol–water partition coefficient (Wildman–Crippen LogP) is 4.03. The van der Waals surface area contributed by atoms with Crippen LogP contribution in [0.25, 0.3) is 10.2 Å². The van der Waals surface area contributed by atoms with Gasteiger partial charge in [-0.25, -0.2) is 4.98 Å². The number of anilines is 1. The van der Waals surface area contributed by atoms with Gasteiger partial charge in [-0.3, -0.25) is 4.79 Å². The summed E-state index contributed by atoms with van der Waals surface area (Å²) in [6.45, 7) is 7.44. The molecule has 6 heteroatoms. The Morgan fingerprint density at radius 3 is 2.61 bits per heavy atom. The van der Waals surface area contributed by atoms with Crippen LogP contribution in [0.15, 0.2) is 18.2 Å². The van der Waals surface area contributed by atoms with Crippen molar-refractivity contribution in [3.05, 3.63) is 23.2 Å². The number of fused-ring (bicyclic) bond motifs is 1. The molecule has 0 aliphatic carbocycles. The summed E-state index contributed by atoms with van der Waals surface area (Å²) in [5.74, 6) is 0.483. The molecule has 0 saturated carbocycles. The van der Waals surface area contributed by atoms with Crippen LogP contribution in [-0.2, 0) is 4.79 Å². The molecule has 0 bridgehead atoms. The zero-order chi connectivity index (χ0) is 16.4. The van der Waals surface area contributed by atoms with Crippen LogP contribution in [0.4, 0.5) is 5.13 Å². The topological polar surface area (TPSA) is 36.4 Å². The maximum absolute atomic E-state index is 12.5. The summed E-state index contributed by atoms with van der Waals surface area (Å²) in [6, 6.07) is 5.80. The number of hydrogen-bond acceptors (Lipinski definition) is 4. The third kappa shape index (κ3) is 3.45. The number of piperazine rings is 1. The van der Waals surface area contributed by atoms with Crippen LogP contribution in [0.1, 0.15) is 26.7 Å². The Balaban J connectivity index is 1.67. The lowest BCUT2D eigenvalue weighted by atomic mass is 10.0. The van der Waals surface area contributed by atoms with Crippen molar-refractivity contribution in [2.24, 2.45) is 5.92 Å². The zero-order valence-corrected chi connectivity index (χ0v) is 15.2. The van der Waals surface area contributed by atoms with Crippen LogP contribution in [0.5, 0.6) is 0 Å². The number of thiazole rings is 1. The van der Waals surface area contributed by atoms with Gasteiger partial charge in [-0.15, -0.1) is 0 Å². The van der Waals surface area contributed by atoms with Gasteiger partial charge in [0, 0.05) is 37.1 Å². The summed E-state index contributed by atoms with van der Waals surface area (Å²) in [7, 11) is 0. The van der Waals surface area contributed by atoms with E-state index in [2.05, 4.69) is 18.7 Å². The third-order valence-corrected chi connectivity index (χ3v) is 5.85. The van der Waals surface area contributed by atoms with Crippen molar-refractivity contribution in [1.29, 1.82) is 0 Å². The smallest absolute Gasteiger partial charge is 0.225 e. The van der Waals surface area contributed by atoms with Gasteiger partial charge >= 0.3 is 0 Å². The number of rotatable bonds is 4. The Bertz CT molecular complexity index is 690. The Morgan fingerprint density at radius 1 is 1.26 bits per heavy atom. The molecule has 1 fully saturated rings. The van der Waals surface area contributed by atoms with E-state index in [0.29, 0.717) is 5.91 Å². The number of carbonyl (C=O) groups is 1. The highest BCUT2D eigenvalue weighted by molar-refractivity contribution is 7.22. The Morgan fingerprint density at radius 2 is 1.96 bits per heavy atom. The third-order valence-electron chi connectivity index (χ3n) is 4.54. The van der Waals surface area contributed by atoms with Crippen LogP contribution in [0, 0.1) is 5.92 Å². The predicted molar refractivity (Wildman–Crippen MR) is 97.5 cm³/mol. The molecular formula is C17H22ClN3OS. The first kappa shape index (κ1) is 16.5. The van der Waals surface area contributed by atoms with Crippen LogP contribution in [0.2, 0.25) is 5.02 Å². The SMILES string of the molecule is CCC(CC)C(=O)N1CCN(c2nc3ccc(Cl)cc3s2)CC1. The van der Waals surface area contributed by atoms with E-state index in [-0.39, 0.29) is 5.92 Å². The maximum atomic E-state index is 12.5. The molecule has 0 N–H and O–H groups in total. The highest BCUT2D eigenvalue weighted by Gasteiger charge is 2.26. The second kappa shape index (κ2) is 7.05. The van der Waals surface area contributed by atoms with Gasteiger partial charge in [0.1, 0.15) is 0 Å². The molecule has 0 atom stereocenters. The fraction of sp³-hybridized carbons (Fsp3) is 0.529. The number of aromatic nitrogens is 1.